The number of nitrogens with zero attached hydrogens (tertiary/aromatic N) is 5. The first-order chi connectivity index (χ1) is 18.6. The second-order valence-corrected chi connectivity index (χ2v) is 10.3. The highest BCUT2D eigenvalue weighted by Crippen LogP contribution is 2.28. The van der Waals surface area contributed by atoms with Crippen molar-refractivity contribution in [3.8, 4) is 34.1 Å². The minimum absolute atomic E-state index is 0.159. The van der Waals surface area contributed by atoms with Crippen LogP contribution in [0.2, 0.25) is 0 Å². The lowest BCUT2D eigenvalue weighted by Crippen LogP contribution is -2.16. The first-order valence-corrected chi connectivity index (χ1v) is 13.4. The Balaban J connectivity index is 1.51. The van der Waals surface area contributed by atoms with Crippen molar-refractivity contribution in [2.75, 3.05) is 0 Å². The van der Waals surface area contributed by atoms with Gasteiger partial charge in [0.2, 0.25) is 0 Å². The van der Waals surface area contributed by atoms with Gasteiger partial charge in [-0.25, -0.2) is 9.67 Å². The normalized spacial score (nSPS) is 11.3. The van der Waals surface area contributed by atoms with E-state index in [4.69, 9.17) is 10.1 Å². The molecule has 182 valence electrons. The quantitative estimate of drug-likeness (QED) is 0.220. The first-order valence-electron chi connectivity index (χ1n) is 11.7. The Hall–Kier alpha value is -4.58. The van der Waals surface area contributed by atoms with E-state index in [9.17, 15) is 10.1 Å². The van der Waals surface area contributed by atoms with Gasteiger partial charge in [-0.2, -0.15) is 10.4 Å². The summed E-state index contributed by atoms with van der Waals surface area (Å²) >= 11 is 4.91. The van der Waals surface area contributed by atoms with E-state index >= 15 is 0 Å². The summed E-state index contributed by atoms with van der Waals surface area (Å²) in [5.41, 5.74) is 5.71. The lowest BCUT2D eigenvalue weighted by molar-refractivity contribution is 0.884. The number of para-hydroxylation sites is 1. The highest BCUT2D eigenvalue weighted by atomic mass is 79.9. The summed E-state index contributed by atoms with van der Waals surface area (Å²) in [5, 5.41) is 15.9. The van der Waals surface area contributed by atoms with Crippen LogP contribution in [-0.2, 0) is 0 Å². The molecule has 3 aromatic carbocycles. The van der Waals surface area contributed by atoms with Gasteiger partial charge < -0.3 is 0 Å². The molecule has 0 radical (unpaired) electrons. The molecule has 0 atom stereocenters. The highest BCUT2D eigenvalue weighted by Gasteiger charge is 2.16. The molecule has 0 aliphatic rings. The second-order valence-electron chi connectivity index (χ2n) is 8.48. The number of thiazole rings is 1. The molecule has 0 saturated heterocycles. The molecule has 0 fully saturated rings. The predicted octanol–water partition coefficient (Wildman–Crippen LogP) is 7.08. The molecule has 6 aromatic rings. The number of nitriles is 1. The molecule has 0 saturated carbocycles. The molecule has 6 nitrogen and oxygen atoms in total. The van der Waals surface area contributed by atoms with E-state index in [-0.39, 0.29) is 5.56 Å². The fourth-order valence-electron chi connectivity index (χ4n) is 4.22. The van der Waals surface area contributed by atoms with Gasteiger partial charge >= 0.3 is 0 Å². The molecule has 8 heteroatoms. The fraction of sp³-hybridized carbons (Fsp3) is 0. The average molecular weight is 576 g/mol. The number of hydrogen-bond donors (Lipinski definition) is 0. The molecular weight excluding hydrogens is 558 g/mol. The molecule has 0 aliphatic heterocycles. The van der Waals surface area contributed by atoms with Crippen molar-refractivity contribution >= 4 is 44.4 Å². The van der Waals surface area contributed by atoms with Gasteiger partial charge in [0.1, 0.15) is 0 Å². The van der Waals surface area contributed by atoms with Crippen LogP contribution in [0.4, 0.5) is 0 Å². The zero-order valence-electron chi connectivity index (χ0n) is 19.8. The van der Waals surface area contributed by atoms with E-state index in [1.807, 2.05) is 83.0 Å². The second kappa shape index (κ2) is 10.1. The summed E-state index contributed by atoms with van der Waals surface area (Å²) in [6.07, 6.45) is 7.51. The van der Waals surface area contributed by atoms with Crippen LogP contribution in [0, 0.1) is 11.3 Å². The van der Waals surface area contributed by atoms with Gasteiger partial charge in [0.25, 0.3) is 5.56 Å². The van der Waals surface area contributed by atoms with E-state index < -0.39 is 0 Å². The van der Waals surface area contributed by atoms with Crippen molar-refractivity contribution < 1.29 is 0 Å². The lowest BCUT2D eigenvalue weighted by atomic mass is 10.0. The Morgan fingerprint density at radius 3 is 2.39 bits per heavy atom. The van der Waals surface area contributed by atoms with Gasteiger partial charge in [0.05, 0.1) is 34.3 Å². The molecular formula is C30H18BrN5OS. The fourth-order valence-corrected chi connectivity index (χ4v) is 5.20. The third kappa shape index (κ3) is 4.50. The van der Waals surface area contributed by atoms with Gasteiger partial charge in [-0.15, -0.1) is 11.3 Å². The number of aromatic nitrogens is 4. The third-order valence-electron chi connectivity index (χ3n) is 6.10. The Morgan fingerprint density at radius 1 is 0.921 bits per heavy atom. The molecule has 38 heavy (non-hydrogen) atoms. The van der Waals surface area contributed by atoms with Gasteiger partial charge in [0, 0.05) is 33.4 Å². The van der Waals surface area contributed by atoms with Crippen molar-refractivity contribution in [2.24, 2.45) is 0 Å². The zero-order valence-corrected chi connectivity index (χ0v) is 22.2. The van der Waals surface area contributed by atoms with Gasteiger partial charge in [0.15, 0.2) is 4.96 Å². The van der Waals surface area contributed by atoms with E-state index in [0.29, 0.717) is 27.3 Å². The van der Waals surface area contributed by atoms with Gasteiger partial charge in [-0.1, -0.05) is 58.4 Å². The predicted molar refractivity (Wildman–Crippen MR) is 155 cm³/mol. The van der Waals surface area contributed by atoms with Crippen LogP contribution in [-0.4, -0.2) is 19.2 Å². The Morgan fingerprint density at radius 2 is 1.66 bits per heavy atom. The Bertz CT molecular complexity index is 1890. The van der Waals surface area contributed by atoms with Crippen molar-refractivity contribution in [2.45, 2.75) is 0 Å². The highest BCUT2D eigenvalue weighted by molar-refractivity contribution is 9.10. The van der Waals surface area contributed by atoms with Crippen LogP contribution in [0.15, 0.2) is 106 Å². The summed E-state index contributed by atoms with van der Waals surface area (Å²) in [6.45, 7) is 0. The van der Waals surface area contributed by atoms with Gasteiger partial charge in [-0.05, 0) is 54.1 Å². The summed E-state index contributed by atoms with van der Waals surface area (Å²) in [7, 11) is 0. The van der Waals surface area contributed by atoms with E-state index in [1.54, 1.807) is 34.9 Å². The average Bonchev–Trinajstić information content (AvgIpc) is 3.61. The third-order valence-corrected chi connectivity index (χ3v) is 7.38. The molecule has 3 heterocycles. The maximum atomic E-state index is 13.5. The van der Waals surface area contributed by atoms with Crippen LogP contribution in [0.3, 0.4) is 0 Å². The summed E-state index contributed by atoms with van der Waals surface area (Å²) in [6, 6.07) is 27.0. The molecule has 0 amide bonds. The van der Waals surface area contributed by atoms with Crippen molar-refractivity contribution in [3.05, 3.63) is 128 Å². The number of rotatable bonds is 5. The van der Waals surface area contributed by atoms with E-state index in [1.165, 1.54) is 11.3 Å². The van der Waals surface area contributed by atoms with Crippen LogP contribution < -0.4 is 5.56 Å². The largest absolute Gasteiger partial charge is 0.268 e. The molecule has 0 aliphatic carbocycles. The number of hydrogen-bond acceptors (Lipinski definition) is 5. The minimum Gasteiger partial charge on any atom is -0.268 e. The van der Waals surface area contributed by atoms with Crippen LogP contribution in [0.5, 0.6) is 0 Å². The molecule has 0 bridgehead atoms. The number of halogens is 1. The Kier molecular flexibility index (Phi) is 6.30. The van der Waals surface area contributed by atoms with Crippen molar-refractivity contribution in [1.82, 2.24) is 19.2 Å². The molecule has 0 unspecified atom stereocenters. The Labute approximate surface area is 230 Å². The molecule has 6 rings (SSSR count). The van der Waals surface area contributed by atoms with Crippen LogP contribution >= 0.6 is 27.3 Å². The standard InChI is InChI=1S/C30H18BrN5OS/c31-24-13-10-22(11-14-24)28-23(19-36(34-28)25-4-2-1-3-5-25)12-15-26-27(21-8-6-20(18-32)7-9-21)29(37)35-16-17-38-30(35)33-26/h1-17,19H/b15-12+. The summed E-state index contributed by atoms with van der Waals surface area (Å²) in [4.78, 5) is 18.9. The number of fused-ring (bicyclic) bond motifs is 1. The minimum atomic E-state index is -0.159. The van der Waals surface area contributed by atoms with E-state index in [0.717, 1.165) is 27.0 Å². The number of benzene rings is 3. The van der Waals surface area contributed by atoms with E-state index in [2.05, 4.69) is 22.0 Å². The van der Waals surface area contributed by atoms with Crippen molar-refractivity contribution in [3.63, 3.8) is 0 Å². The van der Waals surface area contributed by atoms with Crippen molar-refractivity contribution in [1.29, 1.82) is 5.26 Å². The molecule has 0 spiro atoms. The molecule has 0 N–H and O–H groups in total. The summed E-state index contributed by atoms with van der Waals surface area (Å²) in [5.74, 6) is 0. The topological polar surface area (TPSA) is 76.0 Å². The first kappa shape index (κ1) is 23.8. The SMILES string of the molecule is N#Cc1ccc(-c2c(/C=C/c3cn(-c4ccccc4)nc3-c3ccc(Br)cc3)nc3sccn3c2=O)cc1. The smallest absolute Gasteiger partial charge is 0.266 e. The summed E-state index contributed by atoms with van der Waals surface area (Å²) < 4.78 is 4.39. The zero-order chi connectivity index (χ0) is 26.1. The maximum Gasteiger partial charge on any atom is 0.266 e. The lowest BCUT2D eigenvalue weighted by Gasteiger charge is -2.07. The van der Waals surface area contributed by atoms with Gasteiger partial charge in [-0.3, -0.25) is 9.20 Å². The van der Waals surface area contributed by atoms with Crippen LogP contribution in [0.25, 0.3) is 45.2 Å². The molecule has 3 aromatic heterocycles. The maximum absolute atomic E-state index is 13.5. The monoisotopic (exact) mass is 575 g/mol. The van der Waals surface area contributed by atoms with Crippen LogP contribution in [0.1, 0.15) is 16.8 Å².